The van der Waals surface area contributed by atoms with Crippen LogP contribution >= 0.6 is 0 Å². The summed E-state index contributed by atoms with van der Waals surface area (Å²) in [6.45, 7) is 8.28. The van der Waals surface area contributed by atoms with Crippen LogP contribution in [0, 0.1) is 0 Å². The van der Waals surface area contributed by atoms with E-state index in [4.69, 9.17) is 9.31 Å². The van der Waals surface area contributed by atoms with Gasteiger partial charge in [-0.05, 0) is 56.1 Å². The average molecular weight is 331 g/mol. The van der Waals surface area contributed by atoms with Gasteiger partial charge in [0, 0.05) is 11.8 Å². The van der Waals surface area contributed by atoms with E-state index in [0.29, 0.717) is 0 Å². The molecule has 0 saturated carbocycles. The summed E-state index contributed by atoms with van der Waals surface area (Å²) >= 11 is 0. The van der Waals surface area contributed by atoms with Gasteiger partial charge in [-0.15, -0.1) is 0 Å². The lowest BCUT2D eigenvalue weighted by atomic mass is 9.79. The molecule has 126 valence electrons. The highest BCUT2D eigenvalue weighted by Gasteiger charge is 2.51. The van der Waals surface area contributed by atoms with Gasteiger partial charge in [-0.3, -0.25) is 4.98 Å². The summed E-state index contributed by atoms with van der Waals surface area (Å²) < 4.78 is 12.4. The van der Waals surface area contributed by atoms with Crippen molar-refractivity contribution in [2.45, 2.75) is 38.9 Å². The maximum absolute atomic E-state index is 6.18. The Morgan fingerprint density at radius 3 is 2.28 bits per heavy atom. The van der Waals surface area contributed by atoms with Crippen LogP contribution < -0.4 is 5.46 Å². The van der Waals surface area contributed by atoms with Gasteiger partial charge in [0.25, 0.3) is 0 Å². The number of aromatic nitrogens is 1. The van der Waals surface area contributed by atoms with Gasteiger partial charge in [-0.2, -0.15) is 0 Å². The van der Waals surface area contributed by atoms with Crippen LogP contribution in [0.25, 0.3) is 22.0 Å². The topological polar surface area (TPSA) is 31.4 Å². The third-order valence-electron chi connectivity index (χ3n) is 5.37. The van der Waals surface area contributed by atoms with Crippen LogP contribution in [-0.2, 0) is 9.31 Å². The highest BCUT2D eigenvalue weighted by molar-refractivity contribution is 6.62. The molecule has 0 bridgehead atoms. The van der Waals surface area contributed by atoms with Crippen LogP contribution in [0.4, 0.5) is 0 Å². The second-order valence-corrected chi connectivity index (χ2v) is 7.59. The maximum atomic E-state index is 6.18. The molecule has 0 amide bonds. The first-order valence-electron chi connectivity index (χ1n) is 8.67. The van der Waals surface area contributed by atoms with Crippen LogP contribution in [-0.4, -0.2) is 23.3 Å². The highest BCUT2D eigenvalue weighted by atomic mass is 16.7. The van der Waals surface area contributed by atoms with Gasteiger partial charge < -0.3 is 9.31 Å². The van der Waals surface area contributed by atoms with E-state index in [1.165, 1.54) is 10.8 Å². The molecule has 1 aromatic heterocycles. The van der Waals surface area contributed by atoms with Gasteiger partial charge >= 0.3 is 7.12 Å². The van der Waals surface area contributed by atoms with E-state index in [2.05, 4.69) is 81.2 Å². The molecule has 1 saturated heterocycles. The zero-order valence-electron chi connectivity index (χ0n) is 15.1. The van der Waals surface area contributed by atoms with E-state index in [0.717, 1.165) is 16.7 Å². The summed E-state index contributed by atoms with van der Waals surface area (Å²) in [4.78, 5) is 4.59. The molecule has 0 atom stereocenters. The van der Waals surface area contributed by atoms with E-state index >= 15 is 0 Å². The van der Waals surface area contributed by atoms with Crippen molar-refractivity contribution < 1.29 is 9.31 Å². The van der Waals surface area contributed by atoms with E-state index in [9.17, 15) is 0 Å². The fourth-order valence-electron chi connectivity index (χ4n) is 3.17. The molecule has 0 spiro atoms. The number of pyridine rings is 1. The molecule has 1 fully saturated rings. The lowest BCUT2D eigenvalue weighted by molar-refractivity contribution is 0.00578. The van der Waals surface area contributed by atoms with Crippen molar-refractivity contribution in [3.8, 4) is 11.3 Å². The number of fused-ring (bicyclic) bond motifs is 1. The Kier molecular flexibility index (Phi) is 3.71. The molecule has 1 aliphatic heterocycles. The minimum absolute atomic E-state index is 0.347. The summed E-state index contributed by atoms with van der Waals surface area (Å²) in [5.41, 5.74) is 2.36. The van der Waals surface area contributed by atoms with Gasteiger partial charge in [0.05, 0.1) is 16.9 Å². The van der Waals surface area contributed by atoms with E-state index < -0.39 is 0 Å². The molecule has 0 aliphatic carbocycles. The van der Waals surface area contributed by atoms with Gasteiger partial charge in [0.2, 0.25) is 0 Å². The number of nitrogens with zero attached hydrogens (tertiary/aromatic N) is 1. The van der Waals surface area contributed by atoms with Crippen molar-refractivity contribution in [1.82, 2.24) is 4.98 Å². The van der Waals surface area contributed by atoms with E-state index in [1.807, 2.05) is 12.3 Å². The summed E-state index contributed by atoms with van der Waals surface area (Å²) in [5, 5.41) is 2.41. The van der Waals surface area contributed by atoms with Gasteiger partial charge in [-0.25, -0.2) is 0 Å². The second kappa shape index (κ2) is 5.68. The Morgan fingerprint density at radius 1 is 0.840 bits per heavy atom. The average Bonchev–Trinajstić information content (AvgIpc) is 2.82. The van der Waals surface area contributed by atoms with Gasteiger partial charge in [-0.1, -0.05) is 42.5 Å². The Balaban J connectivity index is 1.76. The predicted molar refractivity (Wildman–Crippen MR) is 103 cm³/mol. The van der Waals surface area contributed by atoms with E-state index in [1.54, 1.807) is 0 Å². The fourth-order valence-corrected chi connectivity index (χ4v) is 3.17. The monoisotopic (exact) mass is 331 g/mol. The summed E-state index contributed by atoms with van der Waals surface area (Å²) in [6.07, 6.45) is 1.83. The van der Waals surface area contributed by atoms with Crippen LogP contribution in [0.3, 0.4) is 0 Å². The third kappa shape index (κ3) is 2.76. The van der Waals surface area contributed by atoms with E-state index in [-0.39, 0.29) is 18.3 Å². The maximum Gasteiger partial charge on any atom is 0.494 e. The molecule has 2 heterocycles. The molecule has 4 heteroatoms. The zero-order valence-corrected chi connectivity index (χ0v) is 15.1. The molecule has 3 nitrogen and oxygen atoms in total. The largest absolute Gasteiger partial charge is 0.494 e. The van der Waals surface area contributed by atoms with Crippen LogP contribution in [0.1, 0.15) is 27.7 Å². The van der Waals surface area contributed by atoms with Crippen molar-refractivity contribution in [3.63, 3.8) is 0 Å². The smallest absolute Gasteiger partial charge is 0.399 e. The van der Waals surface area contributed by atoms with Crippen molar-refractivity contribution in [3.05, 3.63) is 60.8 Å². The molecule has 0 radical (unpaired) electrons. The Bertz CT molecular complexity index is 915. The summed E-state index contributed by atoms with van der Waals surface area (Å²) in [6, 6.07) is 18.7. The van der Waals surface area contributed by atoms with Crippen molar-refractivity contribution in [2.24, 2.45) is 0 Å². The quantitative estimate of drug-likeness (QED) is 0.660. The zero-order chi connectivity index (χ0) is 17.7. The predicted octanol–water partition coefficient (Wildman–Crippen LogP) is 4.20. The van der Waals surface area contributed by atoms with Crippen molar-refractivity contribution in [2.75, 3.05) is 0 Å². The molecule has 2 aromatic carbocycles. The number of hydrogen-bond acceptors (Lipinski definition) is 3. The first-order chi connectivity index (χ1) is 11.9. The van der Waals surface area contributed by atoms with Crippen LogP contribution in [0.5, 0.6) is 0 Å². The fraction of sp³-hybridized carbons (Fsp3) is 0.286. The summed E-state index contributed by atoms with van der Waals surface area (Å²) in [7, 11) is -0.373. The van der Waals surface area contributed by atoms with Gasteiger partial charge in [0.1, 0.15) is 0 Å². The SMILES string of the molecule is CC1(C)OB(c2ccnc(-c3cccc4ccccc34)c2)OC1(C)C. The molecule has 1 aliphatic rings. The molecular weight excluding hydrogens is 309 g/mol. The number of hydrogen-bond donors (Lipinski definition) is 0. The Labute approximate surface area is 149 Å². The van der Waals surface area contributed by atoms with Crippen molar-refractivity contribution >= 4 is 23.4 Å². The van der Waals surface area contributed by atoms with Gasteiger partial charge in [0.15, 0.2) is 0 Å². The summed E-state index contributed by atoms with van der Waals surface area (Å²) in [5.74, 6) is 0. The van der Waals surface area contributed by atoms with Crippen LogP contribution in [0.15, 0.2) is 60.8 Å². The highest BCUT2D eigenvalue weighted by Crippen LogP contribution is 2.36. The molecule has 3 aromatic rings. The number of benzene rings is 2. The standard InChI is InChI=1S/C21H22BNO2/c1-20(2)21(3,4)25-22(24-20)16-12-13-23-19(14-16)18-11-7-9-15-8-5-6-10-17(15)18/h5-14H,1-4H3. The van der Waals surface area contributed by atoms with Crippen molar-refractivity contribution in [1.29, 1.82) is 0 Å². The first-order valence-corrected chi connectivity index (χ1v) is 8.67. The molecular formula is C21H22BNO2. The molecule has 25 heavy (non-hydrogen) atoms. The lowest BCUT2D eigenvalue weighted by Gasteiger charge is -2.32. The minimum atomic E-state index is -0.373. The molecule has 4 rings (SSSR count). The second-order valence-electron chi connectivity index (χ2n) is 7.59. The first kappa shape index (κ1) is 16.3. The van der Waals surface area contributed by atoms with Crippen LogP contribution in [0.2, 0.25) is 0 Å². The normalized spacial score (nSPS) is 18.6. The lowest BCUT2D eigenvalue weighted by Crippen LogP contribution is -2.41. The third-order valence-corrected chi connectivity index (χ3v) is 5.37. The minimum Gasteiger partial charge on any atom is -0.399 e. The number of rotatable bonds is 2. The molecule has 0 N–H and O–H groups in total. The Morgan fingerprint density at radius 2 is 1.52 bits per heavy atom. The Hall–Kier alpha value is -2.17. The molecule has 0 unspecified atom stereocenters.